The van der Waals surface area contributed by atoms with Crippen LogP contribution in [0.2, 0.25) is 0 Å². The van der Waals surface area contributed by atoms with Crippen LogP contribution in [0.25, 0.3) is 6.08 Å². The highest BCUT2D eigenvalue weighted by atomic mass is 32.2. The third-order valence-electron chi connectivity index (χ3n) is 3.99. The fraction of sp³-hybridized carbons (Fsp3) is 0.261. The number of aryl methyl sites for hydroxylation is 2. The SMILES string of the molecule is Cc1cc(C)cc(N=C2NC(=O)/C(=C/c3ccc(OCC(=O)OC(C)C)cc3)S2)c1. The Labute approximate surface area is 180 Å². The molecule has 0 spiro atoms. The summed E-state index contributed by atoms with van der Waals surface area (Å²) in [6.45, 7) is 7.46. The van der Waals surface area contributed by atoms with Crippen LogP contribution in [0.1, 0.15) is 30.5 Å². The molecule has 1 N–H and O–H groups in total. The molecular weight excluding hydrogens is 400 g/mol. The maximum Gasteiger partial charge on any atom is 0.344 e. The van der Waals surface area contributed by atoms with E-state index in [1.54, 1.807) is 32.1 Å². The first-order valence-electron chi connectivity index (χ1n) is 9.59. The van der Waals surface area contributed by atoms with Crippen LogP contribution < -0.4 is 10.1 Å². The van der Waals surface area contributed by atoms with E-state index in [4.69, 9.17) is 9.47 Å². The molecule has 1 aliphatic heterocycles. The van der Waals surface area contributed by atoms with Gasteiger partial charge in [-0.25, -0.2) is 9.79 Å². The van der Waals surface area contributed by atoms with Gasteiger partial charge in [-0.2, -0.15) is 0 Å². The number of carbonyl (C=O) groups is 2. The molecule has 1 aliphatic rings. The minimum atomic E-state index is -0.411. The number of thioether (sulfide) groups is 1. The molecule has 30 heavy (non-hydrogen) atoms. The summed E-state index contributed by atoms with van der Waals surface area (Å²) < 4.78 is 10.4. The van der Waals surface area contributed by atoms with Gasteiger partial charge in [0.2, 0.25) is 0 Å². The monoisotopic (exact) mass is 424 g/mol. The van der Waals surface area contributed by atoms with Gasteiger partial charge >= 0.3 is 5.97 Å². The Hall–Kier alpha value is -3.06. The van der Waals surface area contributed by atoms with Crippen molar-refractivity contribution >= 4 is 40.6 Å². The van der Waals surface area contributed by atoms with E-state index in [1.165, 1.54) is 11.8 Å². The molecule has 0 unspecified atom stereocenters. The van der Waals surface area contributed by atoms with Gasteiger partial charge in [0.1, 0.15) is 5.75 Å². The van der Waals surface area contributed by atoms with Crippen molar-refractivity contribution in [2.45, 2.75) is 33.8 Å². The summed E-state index contributed by atoms with van der Waals surface area (Å²) in [5.41, 5.74) is 3.91. The van der Waals surface area contributed by atoms with Crippen LogP contribution >= 0.6 is 11.8 Å². The lowest BCUT2D eigenvalue weighted by Gasteiger charge is -2.09. The molecule has 0 aliphatic carbocycles. The zero-order valence-electron chi connectivity index (χ0n) is 17.4. The molecule has 0 radical (unpaired) electrons. The topological polar surface area (TPSA) is 77.0 Å². The number of carbonyl (C=O) groups excluding carboxylic acids is 2. The summed E-state index contributed by atoms with van der Waals surface area (Å²) in [4.78, 5) is 28.9. The second-order valence-corrected chi connectivity index (χ2v) is 8.25. The maximum atomic E-state index is 12.3. The van der Waals surface area contributed by atoms with Gasteiger partial charge < -0.3 is 14.8 Å². The van der Waals surface area contributed by atoms with Crippen LogP contribution in [-0.4, -0.2) is 29.8 Å². The lowest BCUT2D eigenvalue weighted by atomic mass is 10.1. The molecule has 156 valence electrons. The molecule has 0 saturated carbocycles. The van der Waals surface area contributed by atoms with Crippen LogP contribution in [0.5, 0.6) is 5.75 Å². The third-order valence-corrected chi connectivity index (χ3v) is 4.90. The first-order chi connectivity index (χ1) is 14.3. The van der Waals surface area contributed by atoms with Crippen molar-refractivity contribution in [3.63, 3.8) is 0 Å². The predicted octanol–water partition coefficient (Wildman–Crippen LogP) is 4.53. The van der Waals surface area contributed by atoms with E-state index in [0.29, 0.717) is 15.8 Å². The summed E-state index contributed by atoms with van der Waals surface area (Å²) in [6.07, 6.45) is 1.62. The Balaban J connectivity index is 1.64. The molecule has 6 nitrogen and oxygen atoms in total. The van der Waals surface area contributed by atoms with E-state index in [9.17, 15) is 9.59 Å². The molecule has 1 amide bonds. The van der Waals surface area contributed by atoms with Crippen molar-refractivity contribution < 1.29 is 19.1 Å². The average Bonchev–Trinajstić information content (AvgIpc) is 2.98. The van der Waals surface area contributed by atoms with Crippen molar-refractivity contribution in [1.29, 1.82) is 0 Å². The van der Waals surface area contributed by atoms with Gasteiger partial charge in [-0.15, -0.1) is 0 Å². The van der Waals surface area contributed by atoms with Crippen molar-refractivity contribution in [2.75, 3.05) is 6.61 Å². The number of nitrogens with one attached hydrogen (secondary N) is 1. The van der Waals surface area contributed by atoms with Gasteiger partial charge in [0, 0.05) is 0 Å². The molecule has 3 rings (SSSR count). The summed E-state index contributed by atoms with van der Waals surface area (Å²) in [6, 6.07) is 13.2. The van der Waals surface area contributed by atoms with Gasteiger partial charge in [0.25, 0.3) is 5.91 Å². The zero-order valence-corrected chi connectivity index (χ0v) is 18.2. The minimum Gasteiger partial charge on any atom is -0.482 e. The largest absolute Gasteiger partial charge is 0.482 e. The van der Waals surface area contributed by atoms with Crippen molar-refractivity contribution in [1.82, 2.24) is 5.32 Å². The summed E-state index contributed by atoms with van der Waals surface area (Å²) in [5.74, 6) is -0.0378. The summed E-state index contributed by atoms with van der Waals surface area (Å²) in [5, 5.41) is 3.36. The van der Waals surface area contributed by atoms with E-state index in [0.717, 1.165) is 22.4 Å². The molecule has 1 saturated heterocycles. The molecule has 0 atom stereocenters. The molecule has 1 fully saturated rings. The number of rotatable bonds is 6. The van der Waals surface area contributed by atoms with E-state index < -0.39 is 5.97 Å². The van der Waals surface area contributed by atoms with Gasteiger partial charge in [0.05, 0.1) is 16.7 Å². The third kappa shape index (κ3) is 6.22. The summed E-state index contributed by atoms with van der Waals surface area (Å²) >= 11 is 1.30. The second kappa shape index (κ2) is 9.63. The van der Waals surface area contributed by atoms with Crippen LogP contribution in [-0.2, 0) is 14.3 Å². The van der Waals surface area contributed by atoms with E-state index in [2.05, 4.69) is 16.4 Å². The standard InChI is InChI=1S/C23H24N2O4S/c1-14(2)29-21(26)13-28-19-7-5-17(6-8-19)12-20-22(27)25-23(30-20)24-18-10-15(3)9-16(4)11-18/h5-12,14H,13H2,1-4H3,(H,24,25,27)/b20-12-. The normalized spacial score (nSPS) is 16.2. The van der Waals surface area contributed by atoms with Crippen LogP contribution in [0, 0.1) is 13.8 Å². The van der Waals surface area contributed by atoms with Crippen LogP contribution in [0.3, 0.4) is 0 Å². The number of amidine groups is 1. The van der Waals surface area contributed by atoms with E-state index >= 15 is 0 Å². The van der Waals surface area contributed by atoms with Gasteiger partial charge in [-0.1, -0.05) is 18.2 Å². The van der Waals surface area contributed by atoms with E-state index in [1.807, 2.05) is 38.1 Å². The molecule has 2 aromatic rings. The molecule has 2 aromatic carbocycles. The highest BCUT2D eigenvalue weighted by molar-refractivity contribution is 8.18. The Morgan fingerprint density at radius 3 is 2.43 bits per heavy atom. The number of benzene rings is 2. The Kier molecular flexibility index (Phi) is 6.95. The number of amides is 1. The van der Waals surface area contributed by atoms with Gasteiger partial charge in [-0.3, -0.25) is 4.79 Å². The lowest BCUT2D eigenvalue weighted by molar-refractivity contribution is -0.149. The number of nitrogens with zero attached hydrogens (tertiary/aromatic N) is 1. The Morgan fingerprint density at radius 2 is 1.80 bits per heavy atom. The first-order valence-corrected chi connectivity index (χ1v) is 10.4. The molecule has 1 heterocycles. The average molecular weight is 425 g/mol. The lowest BCUT2D eigenvalue weighted by Crippen LogP contribution is -2.19. The molecule has 0 aromatic heterocycles. The first kappa shape index (κ1) is 21.6. The van der Waals surface area contributed by atoms with Crippen molar-refractivity contribution in [3.05, 3.63) is 64.1 Å². The highest BCUT2D eigenvalue weighted by Gasteiger charge is 2.23. The Morgan fingerprint density at radius 1 is 1.13 bits per heavy atom. The highest BCUT2D eigenvalue weighted by Crippen LogP contribution is 2.29. The fourth-order valence-corrected chi connectivity index (χ4v) is 3.71. The van der Waals surface area contributed by atoms with Gasteiger partial charge in [-0.05, 0) is 86.5 Å². The number of aliphatic imine (C=N–C) groups is 1. The minimum absolute atomic E-state index is 0.144. The van der Waals surface area contributed by atoms with Crippen molar-refractivity contribution in [3.8, 4) is 5.75 Å². The number of hydrogen-bond donors (Lipinski definition) is 1. The molecule has 0 bridgehead atoms. The van der Waals surface area contributed by atoms with Crippen LogP contribution in [0.15, 0.2) is 52.4 Å². The zero-order chi connectivity index (χ0) is 21.7. The predicted molar refractivity (Wildman–Crippen MR) is 120 cm³/mol. The fourth-order valence-electron chi connectivity index (χ4n) is 2.86. The number of hydrogen-bond acceptors (Lipinski definition) is 6. The van der Waals surface area contributed by atoms with E-state index in [-0.39, 0.29) is 18.6 Å². The quantitative estimate of drug-likeness (QED) is 0.545. The molecule has 7 heteroatoms. The van der Waals surface area contributed by atoms with Crippen molar-refractivity contribution in [2.24, 2.45) is 4.99 Å². The van der Waals surface area contributed by atoms with Gasteiger partial charge in [0.15, 0.2) is 11.8 Å². The molecular formula is C23H24N2O4S. The summed E-state index contributed by atoms with van der Waals surface area (Å²) in [7, 11) is 0. The second-order valence-electron chi connectivity index (χ2n) is 7.22. The smallest absolute Gasteiger partial charge is 0.344 e. The number of ether oxygens (including phenoxy) is 2. The van der Waals surface area contributed by atoms with Crippen LogP contribution in [0.4, 0.5) is 5.69 Å². The maximum absolute atomic E-state index is 12.3. The Bertz CT molecular complexity index is 990. The number of esters is 1.